The van der Waals surface area contributed by atoms with E-state index in [4.69, 9.17) is 14.2 Å². The van der Waals surface area contributed by atoms with Gasteiger partial charge in [0.15, 0.2) is 17.3 Å². The van der Waals surface area contributed by atoms with Gasteiger partial charge in [-0.1, -0.05) is 6.07 Å². The van der Waals surface area contributed by atoms with Crippen molar-refractivity contribution in [3.05, 3.63) is 70.1 Å². The molecule has 2 aliphatic heterocycles. The molecule has 2 aliphatic rings. The maximum Gasteiger partial charge on any atom is 0.290 e. The molecule has 9 nitrogen and oxygen atoms in total. The number of imidazole rings is 1. The number of aliphatic hydroxyl groups excluding tert-OH is 1. The molecule has 1 aromatic carbocycles. The number of hydrogen-bond acceptors (Lipinski definition) is 8. The van der Waals surface area contributed by atoms with E-state index in [1.165, 1.54) is 23.3 Å². The largest absolute Gasteiger partial charge is 0.503 e. The Hall–Kier alpha value is -3.79. The molecule has 1 atom stereocenters. The highest BCUT2D eigenvalue weighted by molar-refractivity contribution is 7.12. The van der Waals surface area contributed by atoms with Crippen LogP contribution < -0.4 is 14.2 Å². The average molecular weight is 468 g/mol. The summed E-state index contributed by atoms with van der Waals surface area (Å²) in [7, 11) is 1.51. The minimum Gasteiger partial charge on any atom is -0.503 e. The van der Waals surface area contributed by atoms with Gasteiger partial charge in [-0.15, -0.1) is 11.3 Å². The first-order valence-corrected chi connectivity index (χ1v) is 11.2. The molecule has 1 amide bonds. The number of fused-ring (bicyclic) bond motifs is 1. The second-order valence-electron chi connectivity index (χ2n) is 7.58. The van der Waals surface area contributed by atoms with Gasteiger partial charge in [0.25, 0.3) is 5.91 Å². The third kappa shape index (κ3) is 3.72. The van der Waals surface area contributed by atoms with E-state index in [2.05, 4.69) is 4.98 Å². The molecule has 10 heteroatoms. The van der Waals surface area contributed by atoms with Crippen LogP contribution in [0.2, 0.25) is 0 Å². The maximum atomic E-state index is 13.4. The van der Waals surface area contributed by atoms with E-state index in [0.29, 0.717) is 47.2 Å². The second-order valence-corrected chi connectivity index (χ2v) is 8.53. The van der Waals surface area contributed by atoms with E-state index in [1.54, 1.807) is 42.2 Å². The van der Waals surface area contributed by atoms with Crippen LogP contribution in [0.3, 0.4) is 0 Å². The zero-order valence-electron chi connectivity index (χ0n) is 17.8. The van der Waals surface area contributed by atoms with Crippen molar-refractivity contribution in [2.45, 2.75) is 19.0 Å². The second kappa shape index (κ2) is 8.62. The third-order valence-corrected chi connectivity index (χ3v) is 6.53. The van der Waals surface area contributed by atoms with Crippen molar-refractivity contribution in [1.82, 2.24) is 14.5 Å². The van der Waals surface area contributed by atoms with Crippen LogP contribution in [0, 0.1) is 0 Å². The number of ether oxygens (including phenoxy) is 3. The van der Waals surface area contributed by atoms with Gasteiger partial charge in [0.05, 0.1) is 29.9 Å². The number of Topliss-reactive ketones (excluding diaryl/α,β-unsaturated/α-hetero) is 1. The van der Waals surface area contributed by atoms with Crippen molar-refractivity contribution in [1.29, 1.82) is 0 Å². The Morgan fingerprint density at radius 3 is 2.94 bits per heavy atom. The molecule has 170 valence electrons. The Morgan fingerprint density at radius 2 is 2.21 bits per heavy atom. The zero-order valence-corrected chi connectivity index (χ0v) is 18.6. The SMILES string of the molecule is COc1cc(C2C(C(=O)c3cccs3)=C(O)C(=O)N2CCCn2ccnc2)cc2c1OCO2. The van der Waals surface area contributed by atoms with E-state index < -0.39 is 17.7 Å². The van der Waals surface area contributed by atoms with Crippen LogP contribution in [0.1, 0.15) is 27.7 Å². The van der Waals surface area contributed by atoms with E-state index in [0.717, 1.165) is 0 Å². The van der Waals surface area contributed by atoms with Crippen LogP contribution in [0.5, 0.6) is 17.2 Å². The van der Waals surface area contributed by atoms with Gasteiger partial charge in [-0.2, -0.15) is 0 Å². The molecule has 2 aromatic heterocycles. The number of benzene rings is 1. The molecule has 1 unspecified atom stereocenters. The summed E-state index contributed by atoms with van der Waals surface area (Å²) in [6.07, 6.45) is 5.84. The number of methoxy groups -OCH3 is 1. The summed E-state index contributed by atoms with van der Waals surface area (Å²) < 4.78 is 18.4. The first-order valence-electron chi connectivity index (χ1n) is 10.3. The number of aromatic nitrogens is 2. The van der Waals surface area contributed by atoms with E-state index in [9.17, 15) is 14.7 Å². The molecule has 0 saturated heterocycles. The third-order valence-electron chi connectivity index (χ3n) is 5.66. The van der Waals surface area contributed by atoms with Gasteiger partial charge in [-0.3, -0.25) is 9.59 Å². The lowest BCUT2D eigenvalue weighted by Crippen LogP contribution is -2.32. The van der Waals surface area contributed by atoms with Crippen LogP contribution in [0.15, 0.2) is 59.7 Å². The smallest absolute Gasteiger partial charge is 0.290 e. The number of amides is 1. The Labute approximate surface area is 193 Å². The van der Waals surface area contributed by atoms with Gasteiger partial charge in [-0.05, 0) is 35.6 Å². The topological polar surface area (TPSA) is 103 Å². The summed E-state index contributed by atoms with van der Waals surface area (Å²) in [5.74, 6) is -0.129. The number of aryl methyl sites for hydroxylation is 1. The lowest BCUT2D eigenvalue weighted by Gasteiger charge is -2.27. The average Bonchev–Trinajstić information content (AvgIpc) is 3.62. The Balaban J connectivity index is 1.54. The number of ketones is 1. The number of rotatable bonds is 8. The van der Waals surface area contributed by atoms with Gasteiger partial charge in [-0.25, -0.2) is 4.98 Å². The highest BCUT2D eigenvalue weighted by Crippen LogP contribution is 2.47. The molecule has 4 heterocycles. The van der Waals surface area contributed by atoms with Gasteiger partial charge in [0.2, 0.25) is 18.3 Å². The summed E-state index contributed by atoms with van der Waals surface area (Å²) in [5.41, 5.74) is 0.641. The molecule has 0 radical (unpaired) electrons. The van der Waals surface area contributed by atoms with E-state index >= 15 is 0 Å². The fraction of sp³-hybridized carbons (Fsp3) is 0.261. The lowest BCUT2D eigenvalue weighted by molar-refractivity contribution is -0.129. The highest BCUT2D eigenvalue weighted by Gasteiger charge is 2.44. The van der Waals surface area contributed by atoms with Crippen molar-refractivity contribution in [3.63, 3.8) is 0 Å². The minimum absolute atomic E-state index is 0.0472. The molecular formula is C23H21N3O6S. The van der Waals surface area contributed by atoms with Crippen molar-refractivity contribution in [2.75, 3.05) is 20.4 Å². The minimum atomic E-state index is -0.793. The molecule has 0 saturated carbocycles. The van der Waals surface area contributed by atoms with Crippen LogP contribution in [-0.2, 0) is 11.3 Å². The van der Waals surface area contributed by atoms with Gasteiger partial charge in [0, 0.05) is 25.5 Å². The van der Waals surface area contributed by atoms with Crippen molar-refractivity contribution < 1.29 is 28.9 Å². The van der Waals surface area contributed by atoms with E-state index in [-0.39, 0.29) is 18.1 Å². The van der Waals surface area contributed by atoms with Crippen LogP contribution >= 0.6 is 11.3 Å². The highest BCUT2D eigenvalue weighted by atomic mass is 32.1. The predicted octanol–water partition coefficient (Wildman–Crippen LogP) is 3.35. The Kier molecular flexibility index (Phi) is 5.51. The standard InChI is InChI=1S/C23H21N3O6S/c1-30-15-10-14(11-16-22(15)32-13-31-16)19-18(20(27)17-4-2-9-33-17)21(28)23(29)26(19)7-3-6-25-8-5-24-12-25/h2,4-5,8-12,19,28H,3,6-7,13H2,1H3. The fourth-order valence-corrected chi connectivity index (χ4v) is 4.83. The molecule has 1 N–H and O–H groups in total. The summed E-state index contributed by atoms with van der Waals surface area (Å²) in [4.78, 5) is 32.5. The van der Waals surface area contributed by atoms with Crippen molar-refractivity contribution in [3.8, 4) is 17.2 Å². The zero-order chi connectivity index (χ0) is 22.9. The molecule has 0 fully saturated rings. The predicted molar refractivity (Wildman–Crippen MR) is 119 cm³/mol. The normalized spacial score (nSPS) is 17.2. The fourth-order valence-electron chi connectivity index (χ4n) is 4.15. The van der Waals surface area contributed by atoms with Gasteiger partial charge >= 0.3 is 0 Å². The van der Waals surface area contributed by atoms with Crippen LogP contribution in [0.4, 0.5) is 0 Å². The lowest BCUT2D eigenvalue weighted by atomic mass is 9.94. The number of carbonyl (C=O) groups excluding carboxylic acids is 2. The van der Waals surface area contributed by atoms with Gasteiger partial charge in [0.1, 0.15) is 0 Å². The Bertz CT molecular complexity index is 1220. The molecule has 33 heavy (non-hydrogen) atoms. The molecule has 3 aromatic rings. The number of hydrogen-bond donors (Lipinski definition) is 1. The monoisotopic (exact) mass is 467 g/mol. The molecule has 0 spiro atoms. The van der Waals surface area contributed by atoms with E-state index in [1.807, 2.05) is 10.8 Å². The summed E-state index contributed by atoms with van der Waals surface area (Å²) in [6, 6.07) is 6.09. The van der Waals surface area contributed by atoms with Crippen molar-refractivity contribution in [2.24, 2.45) is 0 Å². The number of aliphatic hydroxyl groups is 1. The first kappa shape index (κ1) is 21.1. The first-order chi connectivity index (χ1) is 16.1. The summed E-state index contributed by atoms with van der Waals surface area (Å²) >= 11 is 1.26. The van der Waals surface area contributed by atoms with Crippen LogP contribution in [0.25, 0.3) is 0 Å². The van der Waals surface area contributed by atoms with Gasteiger partial charge < -0.3 is 28.8 Å². The maximum absolute atomic E-state index is 13.4. The molecule has 0 aliphatic carbocycles. The summed E-state index contributed by atoms with van der Waals surface area (Å²) in [5, 5.41) is 12.6. The molecule has 5 rings (SSSR count). The van der Waals surface area contributed by atoms with Crippen molar-refractivity contribution >= 4 is 23.0 Å². The van der Waals surface area contributed by atoms with Crippen LogP contribution in [-0.4, -0.2) is 51.7 Å². The quantitative estimate of drug-likeness (QED) is 0.507. The molecule has 0 bridgehead atoms. The molecular weight excluding hydrogens is 446 g/mol. The number of nitrogens with zero attached hydrogens (tertiary/aromatic N) is 3. The number of carbonyl (C=O) groups is 2. The number of thiophene rings is 1. The summed E-state index contributed by atoms with van der Waals surface area (Å²) in [6.45, 7) is 1.01. The Morgan fingerprint density at radius 1 is 1.33 bits per heavy atom.